The fourth-order valence-electron chi connectivity index (χ4n) is 0.905. The van der Waals surface area contributed by atoms with Crippen LogP contribution in [0.1, 0.15) is 6.92 Å². The lowest BCUT2D eigenvalue weighted by molar-refractivity contribution is 0.413. The second-order valence-corrected chi connectivity index (χ2v) is 4.84. The van der Waals surface area contributed by atoms with Gasteiger partial charge in [0.2, 0.25) is 0 Å². The lowest BCUT2D eigenvalue weighted by Crippen LogP contribution is -1.84. The van der Waals surface area contributed by atoms with E-state index < -0.39 is 0 Å². The third kappa shape index (κ3) is 2.86. The van der Waals surface area contributed by atoms with Crippen molar-refractivity contribution in [3.05, 3.63) is 21.8 Å². The minimum absolute atomic E-state index is 0.942. The van der Waals surface area contributed by atoms with Crippen molar-refractivity contribution in [2.45, 2.75) is 11.8 Å². The molecule has 1 aromatic carbocycles. The predicted octanol–water partition coefficient (Wildman–Crippen LogP) is 3.41. The molecule has 0 saturated heterocycles. The van der Waals surface area contributed by atoms with Gasteiger partial charge >= 0.3 is 0 Å². The molecule has 0 aliphatic carbocycles. The number of thioether (sulfide) groups is 1. The Balaban J connectivity index is 2.90. The largest absolute Gasteiger partial charge is 0.497 e. The minimum Gasteiger partial charge on any atom is -0.497 e. The van der Waals surface area contributed by atoms with Gasteiger partial charge in [0, 0.05) is 8.47 Å². The van der Waals surface area contributed by atoms with Gasteiger partial charge in [-0.15, -0.1) is 11.8 Å². The molecular weight excluding hydrogens is 283 g/mol. The molecule has 1 rings (SSSR count). The summed E-state index contributed by atoms with van der Waals surface area (Å²) in [4.78, 5) is 1.28. The van der Waals surface area contributed by atoms with Crippen molar-refractivity contribution in [3.8, 4) is 5.75 Å². The minimum atomic E-state index is 0.942. The molecule has 0 spiro atoms. The standard InChI is InChI=1S/C9H11IOS/c1-3-12-9-5-7(10)4-8(6-9)11-2/h4-6H,3H2,1-2H3. The van der Waals surface area contributed by atoms with Crippen LogP contribution in [-0.2, 0) is 0 Å². The Bertz CT molecular complexity index is 263. The van der Waals surface area contributed by atoms with Crippen molar-refractivity contribution >= 4 is 34.4 Å². The van der Waals surface area contributed by atoms with E-state index in [1.165, 1.54) is 8.47 Å². The summed E-state index contributed by atoms with van der Waals surface area (Å²) in [6.45, 7) is 2.15. The van der Waals surface area contributed by atoms with Crippen molar-refractivity contribution in [2.75, 3.05) is 12.9 Å². The molecular formula is C9H11IOS. The third-order valence-electron chi connectivity index (χ3n) is 1.39. The molecule has 0 unspecified atom stereocenters. The maximum Gasteiger partial charge on any atom is 0.121 e. The highest BCUT2D eigenvalue weighted by Crippen LogP contribution is 2.25. The first-order chi connectivity index (χ1) is 5.76. The summed E-state index contributed by atoms with van der Waals surface area (Å²) >= 11 is 4.13. The average molecular weight is 294 g/mol. The van der Waals surface area contributed by atoms with Crippen LogP contribution in [0.3, 0.4) is 0 Å². The van der Waals surface area contributed by atoms with E-state index in [1.54, 1.807) is 7.11 Å². The Hall–Kier alpha value is 0.1000. The zero-order valence-electron chi connectivity index (χ0n) is 7.13. The molecule has 0 N–H and O–H groups in total. The summed E-state index contributed by atoms with van der Waals surface area (Å²) in [5.41, 5.74) is 0. The lowest BCUT2D eigenvalue weighted by Gasteiger charge is -2.03. The van der Waals surface area contributed by atoms with E-state index in [0.717, 1.165) is 11.5 Å². The molecule has 0 amide bonds. The number of ether oxygens (including phenoxy) is 1. The third-order valence-corrected chi connectivity index (χ3v) is 2.87. The Morgan fingerprint density at radius 2 is 2.17 bits per heavy atom. The molecule has 3 heteroatoms. The molecule has 12 heavy (non-hydrogen) atoms. The van der Waals surface area contributed by atoms with Crippen molar-refractivity contribution in [1.29, 1.82) is 0 Å². The molecule has 1 aromatic rings. The smallest absolute Gasteiger partial charge is 0.121 e. The van der Waals surface area contributed by atoms with E-state index in [0.29, 0.717) is 0 Å². The van der Waals surface area contributed by atoms with Crippen molar-refractivity contribution in [3.63, 3.8) is 0 Å². The molecule has 66 valence electrons. The lowest BCUT2D eigenvalue weighted by atomic mass is 10.3. The molecule has 0 heterocycles. The first-order valence-electron chi connectivity index (χ1n) is 3.73. The Labute approximate surface area is 91.0 Å². The van der Waals surface area contributed by atoms with Gasteiger partial charge in [-0.2, -0.15) is 0 Å². The van der Waals surface area contributed by atoms with Gasteiger partial charge in [0.15, 0.2) is 0 Å². The van der Waals surface area contributed by atoms with Crippen LogP contribution in [0.2, 0.25) is 0 Å². The van der Waals surface area contributed by atoms with Crippen molar-refractivity contribution in [1.82, 2.24) is 0 Å². The van der Waals surface area contributed by atoms with Gasteiger partial charge in [0.25, 0.3) is 0 Å². The summed E-state index contributed by atoms with van der Waals surface area (Å²) in [5, 5.41) is 0. The molecule has 0 aliphatic rings. The fraction of sp³-hybridized carbons (Fsp3) is 0.333. The molecule has 0 aliphatic heterocycles. The fourth-order valence-corrected chi connectivity index (χ4v) is 2.50. The zero-order chi connectivity index (χ0) is 8.97. The van der Waals surface area contributed by atoms with Crippen LogP contribution >= 0.6 is 34.4 Å². The van der Waals surface area contributed by atoms with Gasteiger partial charge in [-0.05, 0) is 46.5 Å². The number of hydrogen-bond donors (Lipinski definition) is 0. The Morgan fingerprint density at radius 3 is 2.75 bits per heavy atom. The first-order valence-corrected chi connectivity index (χ1v) is 5.80. The summed E-state index contributed by atoms with van der Waals surface area (Å²) in [6.07, 6.45) is 0. The molecule has 0 bridgehead atoms. The molecule has 1 nitrogen and oxygen atoms in total. The number of halogens is 1. The van der Waals surface area contributed by atoms with E-state index in [2.05, 4.69) is 41.6 Å². The van der Waals surface area contributed by atoms with Crippen LogP contribution in [0.5, 0.6) is 5.75 Å². The van der Waals surface area contributed by atoms with Gasteiger partial charge in [-0.1, -0.05) is 6.92 Å². The van der Waals surface area contributed by atoms with E-state index in [4.69, 9.17) is 4.74 Å². The number of rotatable bonds is 3. The predicted molar refractivity (Wildman–Crippen MR) is 62.1 cm³/mol. The quantitative estimate of drug-likeness (QED) is 0.624. The molecule has 0 aromatic heterocycles. The Kier molecular flexibility index (Phi) is 4.21. The molecule has 0 saturated carbocycles. The zero-order valence-corrected chi connectivity index (χ0v) is 10.1. The second kappa shape index (κ2) is 4.97. The highest BCUT2D eigenvalue weighted by atomic mass is 127. The highest BCUT2D eigenvalue weighted by molar-refractivity contribution is 14.1. The summed E-state index contributed by atoms with van der Waals surface area (Å²) in [7, 11) is 1.70. The topological polar surface area (TPSA) is 9.23 Å². The monoisotopic (exact) mass is 294 g/mol. The first kappa shape index (κ1) is 10.2. The van der Waals surface area contributed by atoms with Gasteiger partial charge in [0.05, 0.1) is 7.11 Å². The number of benzene rings is 1. The van der Waals surface area contributed by atoms with Crippen LogP contribution in [-0.4, -0.2) is 12.9 Å². The Morgan fingerprint density at radius 1 is 1.42 bits per heavy atom. The van der Waals surface area contributed by atoms with Crippen LogP contribution < -0.4 is 4.74 Å². The average Bonchev–Trinajstić information content (AvgIpc) is 2.04. The van der Waals surface area contributed by atoms with E-state index >= 15 is 0 Å². The highest BCUT2D eigenvalue weighted by Gasteiger charge is 1.98. The normalized spacial score (nSPS) is 9.92. The second-order valence-electron chi connectivity index (χ2n) is 2.26. The van der Waals surface area contributed by atoms with E-state index in [-0.39, 0.29) is 0 Å². The summed E-state index contributed by atoms with van der Waals surface area (Å²) < 4.78 is 6.39. The maximum atomic E-state index is 5.16. The number of hydrogen-bond acceptors (Lipinski definition) is 2. The van der Waals surface area contributed by atoms with E-state index in [1.807, 2.05) is 17.8 Å². The SMILES string of the molecule is CCSc1cc(I)cc(OC)c1. The van der Waals surface area contributed by atoms with Crippen molar-refractivity contribution in [2.24, 2.45) is 0 Å². The summed E-state index contributed by atoms with van der Waals surface area (Å²) in [6, 6.07) is 6.26. The molecule has 0 fully saturated rings. The summed E-state index contributed by atoms with van der Waals surface area (Å²) in [5.74, 6) is 2.04. The van der Waals surface area contributed by atoms with Crippen LogP contribution in [0.4, 0.5) is 0 Å². The van der Waals surface area contributed by atoms with Crippen LogP contribution in [0, 0.1) is 3.57 Å². The van der Waals surface area contributed by atoms with Gasteiger partial charge < -0.3 is 4.74 Å². The van der Waals surface area contributed by atoms with Gasteiger partial charge in [-0.3, -0.25) is 0 Å². The maximum absolute atomic E-state index is 5.16. The van der Waals surface area contributed by atoms with Crippen LogP contribution in [0.15, 0.2) is 23.1 Å². The molecule has 0 atom stereocenters. The molecule has 0 radical (unpaired) electrons. The number of methoxy groups -OCH3 is 1. The van der Waals surface area contributed by atoms with E-state index in [9.17, 15) is 0 Å². The van der Waals surface area contributed by atoms with Crippen molar-refractivity contribution < 1.29 is 4.74 Å². The van der Waals surface area contributed by atoms with Crippen LogP contribution in [0.25, 0.3) is 0 Å². The van der Waals surface area contributed by atoms with Gasteiger partial charge in [-0.25, -0.2) is 0 Å². The van der Waals surface area contributed by atoms with Gasteiger partial charge in [0.1, 0.15) is 5.75 Å².